The molecule has 10 aromatic rings. The monoisotopic (exact) mass is 550 g/mol. The summed E-state index contributed by atoms with van der Waals surface area (Å²) >= 11 is 0. The Bertz CT molecular complexity index is 2680. The topological polar surface area (TPSA) is 39.4 Å². The van der Waals surface area contributed by atoms with Gasteiger partial charge >= 0.3 is 0 Å². The van der Waals surface area contributed by atoms with Gasteiger partial charge < -0.3 is 13.3 Å². The molecular weight excluding hydrogens is 528 g/mol. The quantitative estimate of drug-likeness (QED) is 0.201. The first kappa shape index (κ1) is 22.8. The van der Waals surface area contributed by atoms with Gasteiger partial charge in [-0.2, -0.15) is 0 Å². The van der Waals surface area contributed by atoms with E-state index in [-0.39, 0.29) is 0 Å². The molecule has 7 aromatic carbocycles. The van der Waals surface area contributed by atoms with E-state index in [1.54, 1.807) is 6.26 Å². The highest BCUT2D eigenvalue weighted by molar-refractivity contribution is 6.28. The Kier molecular flexibility index (Phi) is 4.45. The predicted molar refractivity (Wildman–Crippen MR) is 177 cm³/mol. The van der Waals surface area contributed by atoms with E-state index < -0.39 is 0 Å². The van der Waals surface area contributed by atoms with Crippen LogP contribution in [0.5, 0.6) is 0 Å². The summed E-state index contributed by atoms with van der Waals surface area (Å²) in [6, 6.07) is 44.8. The molecule has 0 unspecified atom stereocenters. The Morgan fingerprint density at radius 3 is 1.60 bits per heavy atom. The number of hydrogen-bond donors (Lipinski definition) is 0. The summed E-state index contributed by atoms with van der Waals surface area (Å²) in [5, 5.41) is 10.2. The van der Waals surface area contributed by atoms with Gasteiger partial charge in [0.1, 0.15) is 16.7 Å². The maximum absolute atomic E-state index is 6.33. The Hall–Kier alpha value is -5.80. The fraction of sp³-hybridized carbons (Fsp3) is 0. The Morgan fingerprint density at radius 1 is 0.349 bits per heavy atom. The molecule has 0 spiro atoms. The van der Waals surface area contributed by atoms with Crippen LogP contribution < -0.4 is 0 Å². The lowest BCUT2D eigenvalue weighted by molar-refractivity contribution is 0.600. The minimum Gasteiger partial charge on any atom is -0.460 e. The summed E-state index contributed by atoms with van der Waals surface area (Å²) in [5.74, 6) is 0. The van der Waals surface area contributed by atoms with E-state index >= 15 is 0 Å². The lowest BCUT2D eigenvalue weighted by Gasteiger charge is -2.18. The van der Waals surface area contributed by atoms with Crippen molar-refractivity contribution in [2.75, 3.05) is 0 Å². The van der Waals surface area contributed by atoms with E-state index in [4.69, 9.17) is 13.3 Å². The number of benzene rings is 7. The average molecular weight is 551 g/mol. The van der Waals surface area contributed by atoms with Gasteiger partial charge in [-0.05, 0) is 74.1 Å². The van der Waals surface area contributed by atoms with Crippen LogP contribution in [0, 0.1) is 0 Å². The van der Waals surface area contributed by atoms with Crippen molar-refractivity contribution < 1.29 is 13.3 Å². The molecule has 200 valence electrons. The summed E-state index contributed by atoms with van der Waals surface area (Å²) in [7, 11) is 0. The van der Waals surface area contributed by atoms with Gasteiger partial charge in [0.15, 0.2) is 11.2 Å². The van der Waals surface area contributed by atoms with Gasteiger partial charge in [-0.3, -0.25) is 0 Å². The van der Waals surface area contributed by atoms with Gasteiger partial charge in [-0.1, -0.05) is 97.1 Å². The molecule has 0 aliphatic rings. The number of fused-ring (bicyclic) bond motifs is 10. The minimum atomic E-state index is 0.774. The number of para-hydroxylation sites is 2. The second-order valence-electron chi connectivity index (χ2n) is 11.2. The maximum atomic E-state index is 6.33. The van der Waals surface area contributed by atoms with Crippen LogP contribution in [0.25, 0.3) is 98.6 Å². The number of furan rings is 3. The summed E-state index contributed by atoms with van der Waals surface area (Å²) in [6.07, 6.45) is 1.77. The molecule has 3 nitrogen and oxygen atoms in total. The highest BCUT2D eigenvalue weighted by atomic mass is 16.4. The largest absolute Gasteiger partial charge is 0.460 e. The van der Waals surface area contributed by atoms with Crippen LogP contribution in [0.2, 0.25) is 0 Å². The van der Waals surface area contributed by atoms with E-state index in [1.165, 1.54) is 38.2 Å². The predicted octanol–water partition coefficient (Wildman–Crippen LogP) is 11.9. The SMILES string of the molecule is c1ccc2c(c1)oc1c2cc(-c2c3ccccc3c(-c3cccc4oc5ccccc5c34)c3ccccc23)c2ccoc21. The molecule has 3 heterocycles. The molecule has 0 amide bonds. The second-order valence-corrected chi connectivity index (χ2v) is 11.2. The van der Waals surface area contributed by atoms with E-state index in [2.05, 4.69) is 103 Å². The van der Waals surface area contributed by atoms with Crippen molar-refractivity contribution in [3.8, 4) is 22.3 Å². The van der Waals surface area contributed by atoms with Crippen LogP contribution in [0.15, 0.2) is 147 Å². The molecular formula is C40H22O3. The first-order valence-corrected chi connectivity index (χ1v) is 14.5. The van der Waals surface area contributed by atoms with Gasteiger partial charge in [-0.25, -0.2) is 0 Å². The second kappa shape index (κ2) is 8.37. The third-order valence-corrected chi connectivity index (χ3v) is 8.96. The van der Waals surface area contributed by atoms with Crippen molar-refractivity contribution in [2.45, 2.75) is 0 Å². The zero-order chi connectivity index (χ0) is 28.1. The fourth-order valence-corrected chi connectivity index (χ4v) is 7.20. The summed E-state index contributed by atoms with van der Waals surface area (Å²) < 4.78 is 18.8. The molecule has 0 fully saturated rings. The van der Waals surface area contributed by atoms with E-state index in [0.717, 1.165) is 60.4 Å². The molecule has 0 atom stereocenters. The van der Waals surface area contributed by atoms with Crippen molar-refractivity contribution >= 4 is 76.4 Å². The first-order valence-electron chi connectivity index (χ1n) is 14.5. The van der Waals surface area contributed by atoms with Crippen LogP contribution >= 0.6 is 0 Å². The molecule has 3 aromatic heterocycles. The molecule has 0 aliphatic carbocycles. The van der Waals surface area contributed by atoms with Crippen LogP contribution in [0.3, 0.4) is 0 Å². The molecule has 0 radical (unpaired) electrons. The molecule has 0 bridgehead atoms. The molecule has 0 N–H and O–H groups in total. The summed E-state index contributed by atoms with van der Waals surface area (Å²) in [4.78, 5) is 0. The lowest BCUT2D eigenvalue weighted by Crippen LogP contribution is -1.91. The molecule has 0 saturated heterocycles. The van der Waals surface area contributed by atoms with Crippen LogP contribution in [0.4, 0.5) is 0 Å². The zero-order valence-corrected chi connectivity index (χ0v) is 22.9. The Morgan fingerprint density at radius 2 is 0.907 bits per heavy atom. The van der Waals surface area contributed by atoms with Crippen LogP contribution in [0.1, 0.15) is 0 Å². The average Bonchev–Trinajstić information content (AvgIpc) is 3.79. The number of hydrogen-bond acceptors (Lipinski definition) is 3. The highest BCUT2D eigenvalue weighted by Gasteiger charge is 2.23. The van der Waals surface area contributed by atoms with Crippen LogP contribution in [-0.2, 0) is 0 Å². The van der Waals surface area contributed by atoms with Crippen LogP contribution in [-0.4, -0.2) is 0 Å². The summed E-state index contributed by atoms with van der Waals surface area (Å²) in [6.45, 7) is 0. The summed E-state index contributed by atoms with van der Waals surface area (Å²) in [5.41, 5.74) is 8.93. The number of rotatable bonds is 2. The van der Waals surface area contributed by atoms with Gasteiger partial charge in [-0.15, -0.1) is 0 Å². The van der Waals surface area contributed by atoms with Crippen molar-refractivity contribution in [1.29, 1.82) is 0 Å². The molecule has 0 saturated carbocycles. The highest BCUT2D eigenvalue weighted by Crippen LogP contribution is 2.49. The molecule has 10 rings (SSSR count). The van der Waals surface area contributed by atoms with E-state index in [9.17, 15) is 0 Å². The Labute approximate surface area is 245 Å². The smallest absolute Gasteiger partial charge is 0.178 e. The third kappa shape index (κ3) is 3.03. The standard InChI is InChI=1S/C40H22O3/c1-3-13-26-24(11-1)36(30-16-9-19-35-38(30)29-15-6-8-18-34(29)42-35)25-12-2-4-14-27(25)37(26)31-22-32-23-10-5-7-17-33(23)43-40(32)39-28(31)20-21-41-39/h1-22H. The normalized spacial score (nSPS) is 12.2. The van der Waals surface area contributed by atoms with Gasteiger partial charge in [0, 0.05) is 26.9 Å². The third-order valence-electron chi connectivity index (χ3n) is 8.96. The first-order chi connectivity index (χ1) is 21.3. The van der Waals surface area contributed by atoms with Gasteiger partial charge in [0.25, 0.3) is 0 Å². The van der Waals surface area contributed by atoms with Gasteiger partial charge in [0.2, 0.25) is 0 Å². The lowest BCUT2D eigenvalue weighted by atomic mass is 9.84. The van der Waals surface area contributed by atoms with E-state index in [1.807, 2.05) is 24.3 Å². The minimum absolute atomic E-state index is 0.774. The van der Waals surface area contributed by atoms with Crippen molar-refractivity contribution in [3.63, 3.8) is 0 Å². The van der Waals surface area contributed by atoms with Crippen molar-refractivity contribution in [1.82, 2.24) is 0 Å². The van der Waals surface area contributed by atoms with Crippen molar-refractivity contribution in [3.05, 3.63) is 134 Å². The van der Waals surface area contributed by atoms with Crippen molar-refractivity contribution in [2.24, 2.45) is 0 Å². The zero-order valence-electron chi connectivity index (χ0n) is 22.9. The van der Waals surface area contributed by atoms with E-state index in [0.29, 0.717) is 0 Å². The molecule has 3 heteroatoms. The maximum Gasteiger partial charge on any atom is 0.178 e. The molecule has 0 aliphatic heterocycles. The van der Waals surface area contributed by atoms with Gasteiger partial charge in [0.05, 0.1) is 6.26 Å². The fourth-order valence-electron chi connectivity index (χ4n) is 7.20. The Balaban J connectivity index is 1.40. The molecule has 43 heavy (non-hydrogen) atoms.